The van der Waals surface area contributed by atoms with E-state index in [0.29, 0.717) is 5.92 Å². The van der Waals surface area contributed by atoms with Gasteiger partial charge >= 0.3 is 0 Å². The van der Waals surface area contributed by atoms with Crippen LogP contribution >= 0.6 is 0 Å². The van der Waals surface area contributed by atoms with E-state index in [9.17, 15) is 0 Å². The van der Waals surface area contributed by atoms with Gasteiger partial charge in [-0.3, -0.25) is 0 Å². The van der Waals surface area contributed by atoms with Gasteiger partial charge in [0.05, 0.1) is 0 Å². The van der Waals surface area contributed by atoms with Crippen molar-refractivity contribution in [2.45, 2.75) is 39.5 Å². The third-order valence-electron chi connectivity index (χ3n) is 3.99. The van der Waals surface area contributed by atoms with E-state index in [-0.39, 0.29) is 0 Å². The second-order valence-corrected chi connectivity index (χ2v) is 6.51. The van der Waals surface area contributed by atoms with Gasteiger partial charge in [-0.15, -0.1) is 6.58 Å². The quantitative estimate of drug-likeness (QED) is 0.387. The lowest BCUT2D eigenvalue weighted by molar-refractivity contribution is 0.646. The van der Waals surface area contributed by atoms with Crippen LogP contribution in [-0.2, 0) is 12.8 Å². The van der Waals surface area contributed by atoms with Gasteiger partial charge in [-0.05, 0) is 53.9 Å². The van der Waals surface area contributed by atoms with E-state index in [0.717, 1.165) is 25.7 Å². The van der Waals surface area contributed by atoms with Gasteiger partial charge < -0.3 is 0 Å². The summed E-state index contributed by atoms with van der Waals surface area (Å²) in [5.41, 5.74) is 5.68. The third-order valence-corrected chi connectivity index (χ3v) is 3.99. The summed E-state index contributed by atoms with van der Waals surface area (Å²) < 4.78 is 0. The Labute approximate surface area is 141 Å². The van der Waals surface area contributed by atoms with Crippen LogP contribution in [0.3, 0.4) is 0 Å². The summed E-state index contributed by atoms with van der Waals surface area (Å²) in [5, 5.41) is 0. The molecular formula is C23H28. The van der Waals surface area contributed by atoms with Crippen molar-refractivity contribution in [3.05, 3.63) is 90.0 Å². The van der Waals surface area contributed by atoms with E-state index in [2.05, 4.69) is 81.1 Å². The second kappa shape index (κ2) is 9.15. The molecule has 0 spiro atoms. The van der Waals surface area contributed by atoms with Gasteiger partial charge in [0.1, 0.15) is 0 Å². The minimum Gasteiger partial charge on any atom is -0.103 e. The number of hydrogen-bond acceptors (Lipinski definition) is 0. The molecule has 2 aromatic carbocycles. The predicted octanol–water partition coefficient (Wildman–Crippen LogP) is 6.48. The molecule has 0 nitrogen and oxygen atoms in total. The maximum atomic E-state index is 3.84. The Balaban J connectivity index is 2.33. The van der Waals surface area contributed by atoms with Crippen molar-refractivity contribution in [2.24, 2.45) is 5.92 Å². The molecule has 0 aliphatic rings. The Morgan fingerprint density at radius 1 is 0.957 bits per heavy atom. The summed E-state index contributed by atoms with van der Waals surface area (Å²) in [6.07, 6.45) is 8.60. The molecule has 0 atom stereocenters. The van der Waals surface area contributed by atoms with E-state index < -0.39 is 0 Å². The summed E-state index contributed by atoms with van der Waals surface area (Å²) in [7, 11) is 0. The molecule has 2 aromatic rings. The van der Waals surface area contributed by atoms with Crippen molar-refractivity contribution in [1.82, 2.24) is 0 Å². The lowest BCUT2D eigenvalue weighted by Gasteiger charge is -2.15. The van der Waals surface area contributed by atoms with Crippen LogP contribution in [0, 0.1) is 5.92 Å². The van der Waals surface area contributed by atoms with Gasteiger partial charge in [0.2, 0.25) is 0 Å². The third kappa shape index (κ3) is 5.56. The Kier molecular flexibility index (Phi) is 6.87. The molecule has 0 amide bonds. The molecule has 0 heterocycles. The second-order valence-electron chi connectivity index (χ2n) is 6.51. The maximum absolute atomic E-state index is 3.84. The van der Waals surface area contributed by atoms with Gasteiger partial charge in [-0.2, -0.15) is 0 Å². The Morgan fingerprint density at radius 2 is 1.65 bits per heavy atom. The van der Waals surface area contributed by atoms with Crippen LogP contribution in [0.1, 0.15) is 43.4 Å². The fourth-order valence-electron chi connectivity index (χ4n) is 2.92. The zero-order valence-corrected chi connectivity index (χ0v) is 14.5. The lowest BCUT2D eigenvalue weighted by Crippen LogP contribution is -2.01. The molecule has 0 aliphatic carbocycles. The predicted molar refractivity (Wildman–Crippen MR) is 103 cm³/mol. The summed E-state index contributed by atoms with van der Waals surface area (Å²) in [6.45, 7) is 8.42. The topological polar surface area (TPSA) is 0 Å². The molecule has 2 rings (SSSR count). The van der Waals surface area contributed by atoms with Crippen LogP contribution in [0.15, 0.2) is 73.3 Å². The average molecular weight is 304 g/mol. The Bertz CT molecular complexity index is 632. The van der Waals surface area contributed by atoms with Gasteiger partial charge in [0, 0.05) is 0 Å². The average Bonchev–Trinajstić information content (AvgIpc) is 2.55. The zero-order valence-electron chi connectivity index (χ0n) is 14.5. The molecule has 0 N–H and O–H groups in total. The molecule has 0 saturated heterocycles. The first-order chi connectivity index (χ1) is 11.2. The highest BCUT2D eigenvalue weighted by Crippen LogP contribution is 2.26. The normalized spacial score (nSPS) is 11.7. The highest BCUT2D eigenvalue weighted by molar-refractivity contribution is 5.70. The summed E-state index contributed by atoms with van der Waals surface area (Å²) >= 11 is 0. The summed E-state index contributed by atoms with van der Waals surface area (Å²) in [5.74, 6) is 0.669. The molecule has 0 unspecified atom stereocenters. The standard InChI is InChI=1S/C23H28/c1-4-5-7-14-22(18-20-12-8-6-9-13-20)23-16-11-10-15-21(23)17-19(2)3/h4,6,8-16,19H,1,5,7,17-18H2,2-3H3. The number of rotatable bonds is 8. The van der Waals surface area contributed by atoms with Crippen LogP contribution in [0.2, 0.25) is 0 Å². The molecule has 0 aromatic heterocycles. The van der Waals surface area contributed by atoms with Crippen molar-refractivity contribution in [2.75, 3.05) is 0 Å². The van der Waals surface area contributed by atoms with E-state index in [1.807, 2.05) is 6.08 Å². The van der Waals surface area contributed by atoms with Crippen LogP contribution in [0.4, 0.5) is 0 Å². The molecule has 0 saturated carbocycles. The SMILES string of the molecule is C=CCCC=C(Cc1ccccc1)c1ccccc1CC(C)C. The molecule has 0 bridgehead atoms. The summed E-state index contributed by atoms with van der Waals surface area (Å²) in [4.78, 5) is 0. The van der Waals surface area contributed by atoms with Crippen LogP contribution < -0.4 is 0 Å². The van der Waals surface area contributed by atoms with Crippen molar-refractivity contribution in [3.63, 3.8) is 0 Å². The zero-order chi connectivity index (χ0) is 16.5. The van der Waals surface area contributed by atoms with Crippen molar-refractivity contribution in [3.8, 4) is 0 Å². The smallest absolute Gasteiger partial charge is 0.00229 e. The van der Waals surface area contributed by atoms with Crippen molar-refractivity contribution < 1.29 is 0 Å². The van der Waals surface area contributed by atoms with Gasteiger partial charge in [-0.1, -0.05) is 80.6 Å². The van der Waals surface area contributed by atoms with Gasteiger partial charge in [0.15, 0.2) is 0 Å². The Hall–Kier alpha value is -2.08. The fraction of sp³-hybridized carbons (Fsp3) is 0.304. The maximum Gasteiger partial charge on any atom is -0.00229 e. The Morgan fingerprint density at radius 3 is 2.35 bits per heavy atom. The van der Waals surface area contributed by atoms with Crippen LogP contribution in [-0.4, -0.2) is 0 Å². The molecule has 0 aliphatic heterocycles. The van der Waals surface area contributed by atoms with Gasteiger partial charge in [0.25, 0.3) is 0 Å². The number of hydrogen-bond donors (Lipinski definition) is 0. The number of allylic oxidation sites excluding steroid dienone is 3. The molecule has 0 heteroatoms. The van der Waals surface area contributed by atoms with Gasteiger partial charge in [-0.25, -0.2) is 0 Å². The first kappa shape index (κ1) is 17.3. The number of benzene rings is 2. The van der Waals surface area contributed by atoms with E-state index in [4.69, 9.17) is 0 Å². The van der Waals surface area contributed by atoms with E-state index in [1.165, 1.54) is 22.3 Å². The minimum atomic E-state index is 0.669. The van der Waals surface area contributed by atoms with E-state index in [1.54, 1.807) is 0 Å². The lowest BCUT2D eigenvalue weighted by atomic mass is 9.90. The highest BCUT2D eigenvalue weighted by Gasteiger charge is 2.09. The molecular weight excluding hydrogens is 276 g/mol. The number of unbranched alkanes of at least 4 members (excludes halogenated alkanes) is 1. The molecule has 23 heavy (non-hydrogen) atoms. The van der Waals surface area contributed by atoms with E-state index >= 15 is 0 Å². The minimum absolute atomic E-state index is 0.669. The van der Waals surface area contributed by atoms with Crippen molar-refractivity contribution in [1.29, 1.82) is 0 Å². The van der Waals surface area contributed by atoms with Crippen LogP contribution in [0.5, 0.6) is 0 Å². The first-order valence-electron chi connectivity index (χ1n) is 8.63. The molecule has 0 radical (unpaired) electrons. The molecule has 120 valence electrons. The largest absolute Gasteiger partial charge is 0.103 e. The van der Waals surface area contributed by atoms with Crippen LogP contribution in [0.25, 0.3) is 5.57 Å². The molecule has 0 fully saturated rings. The monoisotopic (exact) mass is 304 g/mol. The highest BCUT2D eigenvalue weighted by atomic mass is 14.1. The van der Waals surface area contributed by atoms with Crippen molar-refractivity contribution >= 4 is 5.57 Å². The fourth-order valence-corrected chi connectivity index (χ4v) is 2.92. The first-order valence-corrected chi connectivity index (χ1v) is 8.63. The summed E-state index contributed by atoms with van der Waals surface area (Å²) in [6, 6.07) is 19.6.